The van der Waals surface area contributed by atoms with Crippen LogP contribution in [0.25, 0.3) is 0 Å². The highest BCUT2D eigenvalue weighted by atomic mass is 35.5. The second kappa shape index (κ2) is 9.54. The van der Waals surface area contributed by atoms with Crippen LogP contribution in [0.4, 0.5) is 0 Å². The number of nitrogens with one attached hydrogen (secondary N) is 1. The van der Waals surface area contributed by atoms with E-state index in [1.165, 1.54) is 11.8 Å². The zero-order valence-corrected chi connectivity index (χ0v) is 16.0. The van der Waals surface area contributed by atoms with Gasteiger partial charge in [0.15, 0.2) is 0 Å². The van der Waals surface area contributed by atoms with Gasteiger partial charge in [-0.25, -0.2) is 0 Å². The van der Waals surface area contributed by atoms with Crippen LogP contribution in [0.15, 0.2) is 23.1 Å². The zero-order valence-electron chi connectivity index (χ0n) is 13.7. The van der Waals surface area contributed by atoms with E-state index in [4.69, 9.17) is 23.2 Å². The van der Waals surface area contributed by atoms with Gasteiger partial charge in [-0.3, -0.25) is 9.59 Å². The summed E-state index contributed by atoms with van der Waals surface area (Å²) in [5, 5.41) is 4.14. The van der Waals surface area contributed by atoms with Crippen LogP contribution in [0, 0.1) is 5.92 Å². The highest BCUT2D eigenvalue weighted by Crippen LogP contribution is 2.30. The molecule has 0 bridgehead atoms. The first-order valence-corrected chi connectivity index (χ1v) is 9.88. The first kappa shape index (κ1) is 19.4. The van der Waals surface area contributed by atoms with Crippen LogP contribution in [0.5, 0.6) is 0 Å². The fourth-order valence-electron chi connectivity index (χ4n) is 2.60. The van der Waals surface area contributed by atoms with E-state index in [9.17, 15) is 9.59 Å². The largest absolute Gasteiger partial charge is 0.356 e. The Morgan fingerprint density at radius 1 is 1.29 bits per heavy atom. The Kier molecular flexibility index (Phi) is 7.72. The van der Waals surface area contributed by atoms with Gasteiger partial charge in [-0.1, -0.05) is 30.1 Å². The van der Waals surface area contributed by atoms with Crippen molar-refractivity contribution >= 4 is 46.8 Å². The molecule has 4 nitrogen and oxygen atoms in total. The Morgan fingerprint density at radius 2 is 2.00 bits per heavy atom. The summed E-state index contributed by atoms with van der Waals surface area (Å²) >= 11 is 13.5. The standard InChI is InChI=1S/C17H22Cl2N2O2S/c1-2-7-20-17(23)12-5-8-21(9-6-12)16(22)11-24-15-10-13(18)3-4-14(15)19/h3-4,10,12H,2,5-9,11H2,1H3,(H,20,23). The fourth-order valence-corrected chi connectivity index (χ4v) is 4.00. The lowest BCUT2D eigenvalue weighted by molar-refractivity contribution is -0.133. The average Bonchev–Trinajstić information content (AvgIpc) is 2.60. The summed E-state index contributed by atoms with van der Waals surface area (Å²) in [5.74, 6) is 0.537. The van der Waals surface area contributed by atoms with Gasteiger partial charge in [0.1, 0.15) is 0 Å². The molecule has 0 aliphatic carbocycles. The molecule has 0 atom stereocenters. The molecule has 132 valence electrons. The van der Waals surface area contributed by atoms with Crippen molar-refractivity contribution < 1.29 is 9.59 Å². The first-order chi connectivity index (χ1) is 11.5. The fraction of sp³-hybridized carbons (Fsp3) is 0.529. The van der Waals surface area contributed by atoms with Crippen molar-refractivity contribution in [2.24, 2.45) is 5.92 Å². The van der Waals surface area contributed by atoms with E-state index >= 15 is 0 Å². The summed E-state index contributed by atoms with van der Waals surface area (Å²) in [7, 11) is 0. The second-order valence-electron chi connectivity index (χ2n) is 5.81. The zero-order chi connectivity index (χ0) is 17.5. The Hall–Kier alpha value is -0.910. The van der Waals surface area contributed by atoms with Crippen molar-refractivity contribution in [1.29, 1.82) is 0 Å². The van der Waals surface area contributed by atoms with E-state index in [-0.39, 0.29) is 17.7 Å². The minimum atomic E-state index is 0.0237. The molecule has 2 rings (SSSR count). The Labute approximate surface area is 157 Å². The average molecular weight is 389 g/mol. The van der Waals surface area contributed by atoms with Crippen molar-refractivity contribution in [3.63, 3.8) is 0 Å². The van der Waals surface area contributed by atoms with Gasteiger partial charge in [-0.05, 0) is 37.5 Å². The van der Waals surface area contributed by atoms with Crippen LogP contribution < -0.4 is 5.32 Å². The van der Waals surface area contributed by atoms with Gasteiger partial charge in [-0.15, -0.1) is 11.8 Å². The number of hydrogen-bond acceptors (Lipinski definition) is 3. The Morgan fingerprint density at radius 3 is 2.67 bits per heavy atom. The molecule has 1 aliphatic heterocycles. The number of amides is 2. The van der Waals surface area contributed by atoms with E-state index in [2.05, 4.69) is 5.32 Å². The lowest BCUT2D eigenvalue weighted by atomic mass is 9.96. The molecular formula is C17H22Cl2N2O2S. The summed E-state index contributed by atoms with van der Waals surface area (Å²) in [5.41, 5.74) is 0. The monoisotopic (exact) mass is 388 g/mol. The highest BCUT2D eigenvalue weighted by molar-refractivity contribution is 8.00. The summed E-state index contributed by atoms with van der Waals surface area (Å²) < 4.78 is 0. The molecule has 1 aromatic rings. The molecular weight excluding hydrogens is 367 g/mol. The summed E-state index contributed by atoms with van der Waals surface area (Å²) in [6, 6.07) is 5.23. The van der Waals surface area contributed by atoms with Crippen LogP contribution in [-0.2, 0) is 9.59 Å². The van der Waals surface area contributed by atoms with Crippen LogP contribution in [-0.4, -0.2) is 42.1 Å². The van der Waals surface area contributed by atoms with Crippen molar-refractivity contribution in [2.45, 2.75) is 31.1 Å². The van der Waals surface area contributed by atoms with Gasteiger partial charge in [0.05, 0.1) is 10.8 Å². The Bertz CT molecular complexity index is 590. The van der Waals surface area contributed by atoms with Crippen molar-refractivity contribution in [3.8, 4) is 0 Å². The molecule has 0 aromatic heterocycles. The third-order valence-electron chi connectivity index (χ3n) is 4.01. The minimum Gasteiger partial charge on any atom is -0.356 e. The van der Waals surface area contributed by atoms with Crippen LogP contribution in [0.2, 0.25) is 10.0 Å². The summed E-state index contributed by atoms with van der Waals surface area (Å²) in [4.78, 5) is 27.0. The molecule has 1 saturated heterocycles. The number of nitrogens with zero attached hydrogens (tertiary/aromatic N) is 1. The lowest BCUT2D eigenvalue weighted by Crippen LogP contribution is -2.43. The van der Waals surface area contributed by atoms with E-state index < -0.39 is 0 Å². The summed E-state index contributed by atoms with van der Waals surface area (Å²) in [6.45, 7) is 4.01. The number of likely N-dealkylation sites (tertiary alicyclic amines) is 1. The third kappa shape index (κ3) is 5.57. The molecule has 0 radical (unpaired) electrons. The van der Waals surface area contributed by atoms with Crippen LogP contribution >= 0.6 is 35.0 Å². The molecule has 1 N–H and O–H groups in total. The number of rotatable bonds is 6. The molecule has 24 heavy (non-hydrogen) atoms. The topological polar surface area (TPSA) is 49.4 Å². The number of carbonyl (C=O) groups excluding carboxylic acids is 2. The van der Waals surface area contributed by atoms with Gasteiger partial charge in [0, 0.05) is 35.5 Å². The number of halogens is 2. The second-order valence-corrected chi connectivity index (χ2v) is 7.67. The van der Waals surface area contributed by atoms with Gasteiger partial charge in [-0.2, -0.15) is 0 Å². The van der Waals surface area contributed by atoms with Crippen molar-refractivity contribution in [1.82, 2.24) is 10.2 Å². The predicted octanol–water partition coefficient (Wildman–Crippen LogP) is 3.85. The van der Waals surface area contributed by atoms with Gasteiger partial charge in [0.25, 0.3) is 0 Å². The molecule has 2 amide bonds. The van der Waals surface area contributed by atoms with E-state index in [1.54, 1.807) is 18.2 Å². The Balaban J connectivity index is 1.78. The van der Waals surface area contributed by atoms with E-state index in [1.807, 2.05) is 11.8 Å². The minimum absolute atomic E-state index is 0.0237. The SMILES string of the molecule is CCCNC(=O)C1CCN(C(=O)CSc2cc(Cl)ccc2Cl)CC1. The molecule has 0 unspecified atom stereocenters. The number of carbonyl (C=O) groups is 2. The van der Waals surface area contributed by atoms with Crippen LogP contribution in [0.3, 0.4) is 0 Å². The van der Waals surface area contributed by atoms with Gasteiger partial charge in [0.2, 0.25) is 11.8 Å². The van der Waals surface area contributed by atoms with E-state index in [0.29, 0.717) is 28.9 Å². The first-order valence-electron chi connectivity index (χ1n) is 8.14. The normalized spacial score (nSPS) is 15.4. The molecule has 1 fully saturated rings. The smallest absolute Gasteiger partial charge is 0.232 e. The van der Waals surface area contributed by atoms with Crippen molar-refractivity contribution in [3.05, 3.63) is 28.2 Å². The highest BCUT2D eigenvalue weighted by Gasteiger charge is 2.27. The quantitative estimate of drug-likeness (QED) is 0.752. The maximum atomic E-state index is 12.3. The summed E-state index contributed by atoms with van der Waals surface area (Å²) in [6.07, 6.45) is 2.39. The molecule has 1 aliphatic rings. The number of piperidine rings is 1. The third-order valence-corrected chi connectivity index (χ3v) is 5.73. The lowest BCUT2D eigenvalue weighted by Gasteiger charge is -2.31. The van der Waals surface area contributed by atoms with Gasteiger partial charge < -0.3 is 10.2 Å². The van der Waals surface area contributed by atoms with Crippen molar-refractivity contribution in [2.75, 3.05) is 25.4 Å². The molecule has 1 heterocycles. The van der Waals surface area contributed by atoms with Gasteiger partial charge >= 0.3 is 0 Å². The maximum Gasteiger partial charge on any atom is 0.232 e. The number of thioether (sulfide) groups is 1. The van der Waals surface area contributed by atoms with Crippen LogP contribution in [0.1, 0.15) is 26.2 Å². The number of benzene rings is 1. The molecule has 7 heteroatoms. The maximum absolute atomic E-state index is 12.3. The molecule has 0 spiro atoms. The van der Waals surface area contributed by atoms with E-state index in [0.717, 1.165) is 30.7 Å². The molecule has 1 aromatic carbocycles. The number of hydrogen-bond donors (Lipinski definition) is 1. The molecule has 0 saturated carbocycles. The predicted molar refractivity (Wildman–Crippen MR) is 99.8 cm³/mol.